The molecule has 2 rings (SSSR count). The van der Waals surface area contributed by atoms with Crippen molar-refractivity contribution < 1.29 is 5.11 Å². The molecular weight excluding hydrogens is 260 g/mol. The van der Waals surface area contributed by atoms with Crippen LogP contribution < -0.4 is 5.32 Å². The summed E-state index contributed by atoms with van der Waals surface area (Å²) in [5.41, 5.74) is 1.18. The molecule has 1 aromatic carbocycles. The molecule has 1 aliphatic heterocycles. The number of rotatable bonds is 4. The fourth-order valence-electron chi connectivity index (χ4n) is 2.68. The van der Waals surface area contributed by atoms with Gasteiger partial charge in [-0.15, -0.1) is 12.4 Å². The van der Waals surface area contributed by atoms with Crippen LogP contribution in [0.1, 0.15) is 31.4 Å². The van der Waals surface area contributed by atoms with Crippen LogP contribution in [0, 0.1) is 5.92 Å². The van der Waals surface area contributed by atoms with Crippen LogP contribution in [0.3, 0.4) is 0 Å². The van der Waals surface area contributed by atoms with Crippen molar-refractivity contribution in [2.45, 2.75) is 25.8 Å². The van der Waals surface area contributed by atoms with Crippen LogP contribution in [0.2, 0.25) is 0 Å². The van der Waals surface area contributed by atoms with Crippen molar-refractivity contribution in [3.05, 3.63) is 29.8 Å². The minimum absolute atomic E-state index is 0. The highest BCUT2D eigenvalue weighted by Gasteiger charge is 2.18. The number of halogens is 1. The number of benzene rings is 1. The van der Waals surface area contributed by atoms with E-state index in [4.69, 9.17) is 0 Å². The van der Waals surface area contributed by atoms with Crippen LogP contribution in [-0.4, -0.2) is 36.7 Å². The van der Waals surface area contributed by atoms with Gasteiger partial charge < -0.3 is 10.4 Å². The average Bonchev–Trinajstić information content (AvgIpc) is 2.39. The second kappa shape index (κ2) is 7.73. The summed E-state index contributed by atoms with van der Waals surface area (Å²) < 4.78 is 0. The maximum atomic E-state index is 9.54. The highest BCUT2D eigenvalue weighted by Crippen LogP contribution is 2.24. The molecule has 1 aromatic rings. The van der Waals surface area contributed by atoms with Crippen molar-refractivity contribution in [3.63, 3.8) is 0 Å². The largest absolute Gasteiger partial charge is 0.508 e. The van der Waals surface area contributed by atoms with Gasteiger partial charge in [-0.25, -0.2) is 0 Å². The monoisotopic (exact) mass is 284 g/mol. The van der Waals surface area contributed by atoms with E-state index < -0.39 is 0 Å². The Morgan fingerprint density at radius 1 is 1.47 bits per heavy atom. The summed E-state index contributed by atoms with van der Waals surface area (Å²) >= 11 is 0. The van der Waals surface area contributed by atoms with E-state index in [1.165, 1.54) is 24.9 Å². The van der Waals surface area contributed by atoms with Crippen LogP contribution in [0.4, 0.5) is 0 Å². The fourth-order valence-corrected chi connectivity index (χ4v) is 2.68. The van der Waals surface area contributed by atoms with Crippen molar-refractivity contribution in [2.24, 2.45) is 5.92 Å². The Morgan fingerprint density at radius 2 is 2.26 bits per heavy atom. The minimum atomic E-state index is 0. The van der Waals surface area contributed by atoms with Gasteiger partial charge in [0, 0.05) is 12.6 Å². The molecule has 0 amide bonds. The Labute approximate surface area is 122 Å². The van der Waals surface area contributed by atoms with Crippen molar-refractivity contribution >= 4 is 12.4 Å². The predicted octanol–water partition coefficient (Wildman–Crippen LogP) is 2.81. The smallest absolute Gasteiger partial charge is 0.115 e. The minimum Gasteiger partial charge on any atom is -0.508 e. The molecule has 0 saturated carbocycles. The van der Waals surface area contributed by atoms with Gasteiger partial charge >= 0.3 is 0 Å². The number of piperidine rings is 1. The third kappa shape index (κ3) is 4.68. The van der Waals surface area contributed by atoms with Gasteiger partial charge in [-0.2, -0.15) is 0 Å². The highest BCUT2D eigenvalue weighted by atomic mass is 35.5. The van der Waals surface area contributed by atoms with E-state index in [2.05, 4.69) is 30.3 Å². The number of nitrogens with zero attached hydrogens (tertiary/aromatic N) is 1. The van der Waals surface area contributed by atoms with Crippen LogP contribution in [-0.2, 0) is 0 Å². The molecule has 0 radical (unpaired) electrons. The first-order valence-corrected chi connectivity index (χ1v) is 6.86. The van der Waals surface area contributed by atoms with Gasteiger partial charge in [0.05, 0.1) is 0 Å². The van der Waals surface area contributed by atoms with E-state index in [1.54, 1.807) is 6.07 Å². The second-order valence-corrected chi connectivity index (χ2v) is 5.42. The molecule has 1 heterocycles. The number of nitrogens with one attached hydrogen (secondary N) is 1. The first kappa shape index (κ1) is 16.3. The Balaban J connectivity index is 0.00000180. The van der Waals surface area contributed by atoms with Gasteiger partial charge in [0.2, 0.25) is 0 Å². The number of hydrogen-bond acceptors (Lipinski definition) is 3. The second-order valence-electron chi connectivity index (χ2n) is 5.42. The molecule has 2 atom stereocenters. The molecule has 4 heteroatoms. The molecule has 0 bridgehead atoms. The standard InChI is InChI=1S/C15H24N2O.ClH/c1-12(14-6-3-7-15(18)9-14)17(2)11-13-5-4-8-16-10-13;/h3,6-7,9,12-13,16,18H,4-5,8,10-11H2,1-2H3;1H. The van der Waals surface area contributed by atoms with Crippen molar-refractivity contribution in [1.29, 1.82) is 0 Å². The summed E-state index contributed by atoms with van der Waals surface area (Å²) in [5, 5.41) is 13.0. The van der Waals surface area contributed by atoms with E-state index in [1.807, 2.05) is 12.1 Å². The molecular formula is C15H25ClN2O. The lowest BCUT2D eigenvalue weighted by molar-refractivity contribution is 0.199. The van der Waals surface area contributed by atoms with E-state index in [0.29, 0.717) is 11.8 Å². The Hall–Kier alpha value is -0.770. The molecule has 108 valence electrons. The van der Waals surface area contributed by atoms with E-state index in [0.717, 1.165) is 19.0 Å². The zero-order valence-corrected chi connectivity index (χ0v) is 12.6. The number of phenolic OH excluding ortho intramolecular Hbond substituents is 1. The van der Waals surface area contributed by atoms with Gasteiger partial charge in [0.25, 0.3) is 0 Å². The maximum absolute atomic E-state index is 9.54. The zero-order chi connectivity index (χ0) is 13.0. The Kier molecular flexibility index (Phi) is 6.63. The summed E-state index contributed by atoms with van der Waals surface area (Å²) in [6, 6.07) is 7.93. The maximum Gasteiger partial charge on any atom is 0.115 e. The number of phenols is 1. The summed E-state index contributed by atoms with van der Waals surface area (Å²) in [5.74, 6) is 1.11. The van der Waals surface area contributed by atoms with Crippen LogP contribution >= 0.6 is 12.4 Å². The molecule has 3 nitrogen and oxygen atoms in total. The van der Waals surface area contributed by atoms with Crippen LogP contribution in [0.15, 0.2) is 24.3 Å². The zero-order valence-electron chi connectivity index (χ0n) is 11.8. The summed E-state index contributed by atoms with van der Waals surface area (Å²) in [7, 11) is 2.17. The molecule has 0 aromatic heterocycles. The van der Waals surface area contributed by atoms with E-state index in [-0.39, 0.29) is 12.4 Å². The predicted molar refractivity (Wildman–Crippen MR) is 82.0 cm³/mol. The molecule has 0 aliphatic carbocycles. The molecule has 2 unspecified atom stereocenters. The highest BCUT2D eigenvalue weighted by molar-refractivity contribution is 5.85. The van der Waals surface area contributed by atoms with Crippen LogP contribution in [0.25, 0.3) is 0 Å². The molecule has 0 spiro atoms. The normalized spacial score (nSPS) is 20.9. The van der Waals surface area contributed by atoms with Crippen LogP contribution in [0.5, 0.6) is 5.75 Å². The van der Waals surface area contributed by atoms with Gasteiger partial charge in [0.1, 0.15) is 5.75 Å². The van der Waals surface area contributed by atoms with Crippen molar-refractivity contribution in [2.75, 3.05) is 26.7 Å². The van der Waals surface area contributed by atoms with Crippen molar-refractivity contribution in [1.82, 2.24) is 10.2 Å². The van der Waals surface area contributed by atoms with E-state index in [9.17, 15) is 5.11 Å². The molecule has 2 N–H and O–H groups in total. The number of hydrogen-bond donors (Lipinski definition) is 2. The average molecular weight is 285 g/mol. The Bertz CT molecular complexity index is 380. The topological polar surface area (TPSA) is 35.5 Å². The van der Waals surface area contributed by atoms with Gasteiger partial charge in [-0.3, -0.25) is 4.90 Å². The molecule has 1 fully saturated rings. The molecule has 1 saturated heterocycles. The van der Waals surface area contributed by atoms with E-state index >= 15 is 0 Å². The molecule has 19 heavy (non-hydrogen) atoms. The van der Waals surface area contributed by atoms with Gasteiger partial charge in [0.15, 0.2) is 0 Å². The third-order valence-electron chi connectivity index (χ3n) is 3.96. The SMILES string of the molecule is CC(c1cccc(O)c1)N(C)CC1CCCNC1.Cl. The first-order chi connectivity index (χ1) is 8.66. The summed E-state index contributed by atoms with van der Waals surface area (Å²) in [6.07, 6.45) is 2.61. The summed E-state index contributed by atoms with van der Waals surface area (Å²) in [6.45, 7) is 5.62. The summed E-state index contributed by atoms with van der Waals surface area (Å²) in [4.78, 5) is 2.38. The quantitative estimate of drug-likeness (QED) is 0.892. The first-order valence-electron chi connectivity index (χ1n) is 6.86. The van der Waals surface area contributed by atoms with Gasteiger partial charge in [-0.05, 0) is 63.5 Å². The van der Waals surface area contributed by atoms with Crippen molar-refractivity contribution in [3.8, 4) is 5.75 Å². The lowest BCUT2D eigenvalue weighted by Crippen LogP contribution is -2.37. The molecule has 1 aliphatic rings. The Morgan fingerprint density at radius 3 is 2.89 bits per heavy atom. The lowest BCUT2D eigenvalue weighted by atomic mass is 9.98. The third-order valence-corrected chi connectivity index (χ3v) is 3.96. The lowest BCUT2D eigenvalue weighted by Gasteiger charge is -2.31. The fraction of sp³-hybridized carbons (Fsp3) is 0.600. The number of aromatic hydroxyl groups is 1. The van der Waals surface area contributed by atoms with Gasteiger partial charge in [-0.1, -0.05) is 12.1 Å².